The Kier molecular flexibility index (Phi) is 6.49. The van der Waals surface area contributed by atoms with E-state index in [9.17, 15) is 4.79 Å². The molecule has 0 aliphatic carbocycles. The summed E-state index contributed by atoms with van der Waals surface area (Å²) >= 11 is 1.64. The van der Waals surface area contributed by atoms with E-state index in [4.69, 9.17) is 5.11 Å². The molecule has 2 N–H and O–H groups in total. The van der Waals surface area contributed by atoms with Crippen molar-refractivity contribution in [1.82, 2.24) is 10.3 Å². The van der Waals surface area contributed by atoms with E-state index in [1.807, 2.05) is 13.0 Å². The second kappa shape index (κ2) is 7.64. The van der Waals surface area contributed by atoms with Gasteiger partial charge < -0.3 is 10.4 Å². The number of hydrogen-bond donors (Lipinski definition) is 2. The van der Waals surface area contributed by atoms with Crippen LogP contribution in [0.15, 0.2) is 23.4 Å². The average Bonchev–Trinajstić information content (AvgIpc) is 2.34. The predicted molar refractivity (Wildman–Crippen MR) is 83.1 cm³/mol. The number of nitrogens with zero attached hydrogens (tertiary/aromatic N) is 1. The third-order valence-electron chi connectivity index (χ3n) is 2.58. The van der Waals surface area contributed by atoms with Gasteiger partial charge in [0.25, 0.3) is 5.91 Å². The van der Waals surface area contributed by atoms with E-state index in [0.29, 0.717) is 12.0 Å². The molecule has 1 amide bonds. The molecule has 0 aliphatic rings. The summed E-state index contributed by atoms with van der Waals surface area (Å²) < 4.78 is 0.0660. The van der Waals surface area contributed by atoms with Crippen LogP contribution < -0.4 is 5.32 Å². The third-order valence-corrected chi connectivity index (χ3v) is 3.63. The highest BCUT2D eigenvalue weighted by Crippen LogP contribution is 2.30. The number of carbonyl (C=O) groups is 1. The summed E-state index contributed by atoms with van der Waals surface area (Å²) in [6, 6.07) is 3.60. The molecule has 0 fully saturated rings. The molecule has 1 aromatic heterocycles. The Morgan fingerprint density at radius 1 is 1.50 bits per heavy atom. The minimum absolute atomic E-state index is 0.0570. The fraction of sp³-hybridized carbons (Fsp3) is 0.600. The van der Waals surface area contributed by atoms with E-state index < -0.39 is 0 Å². The van der Waals surface area contributed by atoms with Crippen LogP contribution in [0, 0.1) is 0 Å². The van der Waals surface area contributed by atoms with E-state index in [1.54, 1.807) is 24.0 Å². The number of rotatable bonds is 6. The Morgan fingerprint density at radius 3 is 2.80 bits per heavy atom. The summed E-state index contributed by atoms with van der Waals surface area (Å²) in [6.45, 7) is 8.44. The number of aliphatic hydroxyl groups is 1. The summed E-state index contributed by atoms with van der Waals surface area (Å²) in [5, 5.41) is 12.6. The van der Waals surface area contributed by atoms with Crippen molar-refractivity contribution >= 4 is 17.7 Å². The number of nitrogens with one attached hydrogen (secondary N) is 1. The second-order valence-electron chi connectivity index (χ2n) is 5.84. The first kappa shape index (κ1) is 17.0. The lowest BCUT2D eigenvalue weighted by Gasteiger charge is -2.17. The molecule has 1 unspecified atom stereocenters. The van der Waals surface area contributed by atoms with Crippen LogP contribution in [0.3, 0.4) is 0 Å². The first-order chi connectivity index (χ1) is 9.31. The van der Waals surface area contributed by atoms with Crippen molar-refractivity contribution in [2.45, 2.75) is 56.4 Å². The third kappa shape index (κ3) is 6.39. The Bertz CT molecular complexity index is 444. The smallest absolute Gasteiger partial charge is 0.251 e. The maximum Gasteiger partial charge on any atom is 0.251 e. The number of aliphatic hydroxyl groups excluding tert-OH is 1. The summed E-state index contributed by atoms with van der Waals surface area (Å²) in [6.07, 6.45) is 3.14. The van der Waals surface area contributed by atoms with Gasteiger partial charge in [-0.1, -0.05) is 20.8 Å². The maximum absolute atomic E-state index is 12.1. The Balaban J connectivity index is 2.66. The Labute approximate surface area is 125 Å². The summed E-state index contributed by atoms with van der Waals surface area (Å²) in [5.41, 5.74) is 0.627. The van der Waals surface area contributed by atoms with Gasteiger partial charge in [-0.05, 0) is 31.9 Å². The molecule has 0 aliphatic heterocycles. The van der Waals surface area contributed by atoms with Gasteiger partial charge >= 0.3 is 0 Å². The molecule has 1 rings (SSSR count). The number of aromatic nitrogens is 1. The molecule has 0 radical (unpaired) electrons. The number of thioether (sulfide) groups is 1. The van der Waals surface area contributed by atoms with Crippen LogP contribution in [0.4, 0.5) is 0 Å². The van der Waals surface area contributed by atoms with Crippen LogP contribution in [0.1, 0.15) is 50.9 Å². The van der Waals surface area contributed by atoms with E-state index in [1.165, 1.54) is 0 Å². The van der Waals surface area contributed by atoms with Gasteiger partial charge in [0.1, 0.15) is 0 Å². The largest absolute Gasteiger partial charge is 0.396 e. The van der Waals surface area contributed by atoms with E-state index in [0.717, 1.165) is 11.4 Å². The molecule has 0 saturated heterocycles. The lowest BCUT2D eigenvalue weighted by molar-refractivity contribution is 0.0936. The zero-order valence-corrected chi connectivity index (χ0v) is 13.5. The van der Waals surface area contributed by atoms with Crippen molar-refractivity contribution in [2.24, 2.45) is 0 Å². The minimum atomic E-state index is -0.0893. The lowest BCUT2D eigenvalue weighted by Crippen LogP contribution is -2.32. The molecule has 0 aromatic carbocycles. The molecule has 5 heteroatoms. The summed E-state index contributed by atoms with van der Waals surface area (Å²) in [4.78, 5) is 16.4. The van der Waals surface area contributed by atoms with Crippen molar-refractivity contribution in [3.05, 3.63) is 23.9 Å². The molecule has 4 nitrogen and oxygen atoms in total. The van der Waals surface area contributed by atoms with Crippen molar-refractivity contribution < 1.29 is 9.90 Å². The van der Waals surface area contributed by atoms with Gasteiger partial charge in [-0.25, -0.2) is 4.98 Å². The van der Waals surface area contributed by atoms with Crippen molar-refractivity contribution in [3.63, 3.8) is 0 Å². The van der Waals surface area contributed by atoms with E-state index >= 15 is 0 Å². The molecule has 112 valence electrons. The fourth-order valence-electron chi connectivity index (χ4n) is 1.70. The SMILES string of the molecule is CC(CCCO)NC(=O)c1ccnc(SC(C)(C)C)c1. The van der Waals surface area contributed by atoms with Gasteiger partial charge in [-0.2, -0.15) is 0 Å². The molecule has 0 spiro atoms. The van der Waals surface area contributed by atoms with Gasteiger partial charge in [-0.15, -0.1) is 11.8 Å². The minimum Gasteiger partial charge on any atom is -0.396 e. The molecular formula is C15H24N2O2S. The highest BCUT2D eigenvalue weighted by Gasteiger charge is 2.15. The molecule has 1 heterocycles. The molecule has 1 atom stereocenters. The van der Waals surface area contributed by atoms with Crippen LogP contribution in [-0.2, 0) is 0 Å². The first-order valence-electron chi connectivity index (χ1n) is 6.88. The fourth-order valence-corrected chi connectivity index (χ4v) is 2.62. The van der Waals surface area contributed by atoms with Gasteiger partial charge in [0.05, 0.1) is 5.03 Å². The second-order valence-corrected chi connectivity index (χ2v) is 7.68. The standard InChI is InChI=1S/C15H24N2O2S/c1-11(6-5-9-18)17-14(19)12-7-8-16-13(10-12)20-15(2,3)4/h7-8,10-11,18H,5-6,9H2,1-4H3,(H,17,19). The zero-order chi connectivity index (χ0) is 15.2. The number of carbonyl (C=O) groups excluding carboxylic acids is 1. The maximum atomic E-state index is 12.1. The van der Waals surface area contributed by atoms with Gasteiger partial charge in [-0.3, -0.25) is 4.79 Å². The van der Waals surface area contributed by atoms with E-state index in [-0.39, 0.29) is 23.3 Å². The van der Waals surface area contributed by atoms with Gasteiger partial charge in [0.2, 0.25) is 0 Å². The molecule has 1 aromatic rings. The number of amides is 1. The highest BCUT2D eigenvalue weighted by molar-refractivity contribution is 8.00. The van der Waals surface area contributed by atoms with Crippen LogP contribution in [0.25, 0.3) is 0 Å². The van der Waals surface area contributed by atoms with Crippen LogP contribution in [0.5, 0.6) is 0 Å². The van der Waals surface area contributed by atoms with Crippen LogP contribution >= 0.6 is 11.8 Å². The lowest BCUT2D eigenvalue weighted by atomic mass is 10.1. The van der Waals surface area contributed by atoms with Gasteiger partial charge in [0.15, 0.2) is 0 Å². The molecular weight excluding hydrogens is 272 g/mol. The van der Waals surface area contributed by atoms with Crippen LogP contribution in [-0.4, -0.2) is 33.4 Å². The van der Waals surface area contributed by atoms with Gasteiger partial charge in [0, 0.05) is 29.2 Å². The summed E-state index contributed by atoms with van der Waals surface area (Å²) in [7, 11) is 0. The Morgan fingerprint density at radius 2 is 2.20 bits per heavy atom. The molecule has 20 heavy (non-hydrogen) atoms. The van der Waals surface area contributed by atoms with Crippen molar-refractivity contribution in [3.8, 4) is 0 Å². The average molecular weight is 296 g/mol. The van der Waals surface area contributed by atoms with Crippen molar-refractivity contribution in [1.29, 1.82) is 0 Å². The highest BCUT2D eigenvalue weighted by atomic mass is 32.2. The molecule has 0 saturated carbocycles. The number of pyridine rings is 1. The first-order valence-corrected chi connectivity index (χ1v) is 7.70. The molecule has 0 bridgehead atoms. The predicted octanol–water partition coefficient (Wildman–Crippen LogP) is 2.86. The Hall–Kier alpha value is -1.07. The topological polar surface area (TPSA) is 62.2 Å². The van der Waals surface area contributed by atoms with Crippen molar-refractivity contribution in [2.75, 3.05) is 6.61 Å². The van der Waals surface area contributed by atoms with E-state index in [2.05, 4.69) is 31.1 Å². The normalized spacial score (nSPS) is 13.1. The number of hydrogen-bond acceptors (Lipinski definition) is 4. The quantitative estimate of drug-likeness (QED) is 0.792. The van der Waals surface area contributed by atoms with Crippen LogP contribution in [0.2, 0.25) is 0 Å². The monoisotopic (exact) mass is 296 g/mol. The summed E-state index contributed by atoms with van der Waals surface area (Å²) in [5.74, 6) is -0.0893. The zero-order valence-electron chi connectivity index (χ0n) is 12.6.